The van der Waals surface area contributed by atoms with Gasteiger partial charge in [0, 0.05) is 31.6 Å². The van der Waals surface area contributed by atoms with Crippen molar-refractivity contribution in [2.75, 3.05) is 44.7 Å². The van der Waals surface area contributed by atoms with Crippen LogP contribution < -0.4 is 15.2 Å². The van der Waals surface area contributed by atoms with Crippen LogP contribution in [0.5, 0.6) is 5.75 Å². The fourth-order valence-electron chi connectivity index (χ4n) is 3.19. The standard InChI is InChI=1S/C20H26N4O2/c1-20(8-9-20)15-26-18-17(23-12-10-22(2)11-13-23)14-21-24(19(18)25)16-6-4-3-5-7-16/h3-7,14H,8-13,15H2,1-2H3. The zero-order valence-electron chi connectivity index (χ0n) is 15.5. The van der Waals surface area contributed by atoms with Crippen molar-refractivity contribution < 1.29 is 4.74 Å². The molecular weight excluding hydrogens is 328 g/mol. The molecule has 1 saturated heterocycles. The molecule has 2 heterocycles. The first-order valence-electron chi connectivity index (χ1n) is 9.30. The van der Waals surface area contributed by atoms with Crippen LogP contribution in [0.2, 0.25) is 0 Å². The van der Waals surface area contributed by atoms with E-state index < -0.39 is 0 Å². The summed E-state index contributed by atoms with van der Waals surface area (Å²) in [5, 5.41) is 4.43. The molecule has 6 nitrogen and oxygen atoms in total. The van der Waals surface area contributed by atoms with E-state index >= 15 is 0 Å². The van der Waals surface area contributed by atoms with Gasteiger partial charge in [-0.3, -0.25) is 4.79 Å². The largest absolute Gasteiger partial charge is 0.486 e. The Morgan fingerprint density at radius 3 is 2.46 bits per heavy atom. The van der Waals surface area contributed by atoms with E-state index in [1.54, 1.807) is 6.20 Å². The van der Waals surface area contributed by atoms with Gasteiger partial charge >= 0.3 is 5.56 Å². The lowest BCUT2D eigenvalue weighted by atomic mass is 10.2. The highest BCUT2D eigenvalue weighted by molar-refractivity contribution is 5.57. The Labute approximate surface area is 154 Å². The molecule has 138 valence electrons. The first kappa shape index (κ1) is 17.1. The second-order valence-corrected chi connectivity index (χ2v) is 7.80. The predicted molar refractivity (Wildman–Crippen MR) is 102 cm³/mol. The Bertz CT molecular complexity index is 821. The van der Waals surface area contributed by atoms with E-state index in [1.165, 1.54) is 4.68 Å². The van der Waals surface area contributed by atoms with Crippen LogP contribution in [0, 0.1) is 5.41 Å². The maximum Gasteiger partial charge on any atom is 0.316 e. The monoisotopic (exact) mass is 354 g/mol. The van der Waals surface area contributed by atoms with Gasteiger partial charge in [0.2, 0.25) is 5.75 Å². The lowest BCUT2D eigenvalue weighted by Gasteiger charge is -2.34. The van der Waals surface area contributed by atoms with Gasteiger partial charge in [-0.2, -0.15) is 9.78 Å². The molecule has 1 aromatic heterocycles. The molecule has 1 aromatic carbocycles. The quantitative estimate of drug-likeness (QED) is 0.824. The highest BCUT2D eigenvalue weighted by atomic mass is 16.5. The Balaban J connectivity index is 1.70. The van der Waals surface area contributed by atoms with Gasteiger partial charge in [0.1, 0.15) is 5.69 Å². The fourth-order valence-corrected chi connectivity index (χ4v) is 3.19. The number of hydrogen-bond acceptors (Lipinski definition) is 5. The smallest absolute Gasteiger partial charge is 0.316 e. The SMILES string of the molecule is CN1CCN(c2cnn(-c3ccccc3)c(=O)c2OCC2(C)CC2)CC1. The second kappa shape index (κ2) is 6.76. The van der Waals surface area contributed by atoms with E-state index in [9.17, 15) is 4.79 Å². The summed E-state index contributed by atoms with van der Waals surface area (Å²) in [6, 6.07) is 9.51. The van der Waals surface area contributed by atoms with Gasteiger partial charge in [-0.05, 0) is 32.0 Å². The molecule has 0 N–H and O–H groups in total. The van der Waals surface area contributed by atoms with Crippen molar-refractivity contribution in [3.8, 4) is 11.4 Å². The number of piperazine rings is 1. The van der Waals surface area contributed by atoms with Crippen molar-refractivity contribution in [2.45, 2.75) is 19.8 Å². The molecule has 0 amide bonds. The van der Waals surface area contributed by atoms with E-state index in [0.29, 0.717) is 12.4 Å². The normalized spacial score (nSPS) is 19.4. The highest BCUT2D eigenvalue weighted by Crippen LogP contribution is 2.45. The van der Waals surface area contributed by atoms with Gasteiger partial charge in [0.05, 0.1) is 18.5 Å². The number of para-hydroxylation sites is 1. The summed E-state index contributed by atoms with van der Waals surface area (Å²) in [7, 11) is 2.12. The lowest BCUT2D eigenvalue weighted by molar-refractivity contribution is 0.242. The third-order valence-electron chi connectivity index (χ3n) is 5.43. The van der Waals surface area contributed by atoms with E-state index in [-0.39, 0.29) is 11.0 Å². The van der Waals surface area contributed by atoms with Gasteiger partial charge in [-0.15, -0.1) is 0 Å². The number of rotatable bonds is 5. The summed E-state index contributed by atoms with van der Waals surface area (Å²) in [5.41, 5.74) is 1.61. The molecule has 4 rings (SSSR count). The Morgan fingerprint density at radius 2 is 1.81 bits per heavy atom. The molecule has 1 aliphatic heterocycles. The molecule has 0 unspecified atom stereocenters. The second-order valence-electron chi connectivity index (χ2n) is 7.80. The maximum absolute atomic E-state index is 13.2. The molecule has 2 aliphatic rings. The van der Waals surface area contributed by atoms with Crippen LogP contribution in [0.4, 0.5) is 5.69 Å². The van der Waals surface area contributed by atoms with E-state index in [2.05, 4.69) is 28.9 Å². The molecule has 2 fully saturated rings. The number of nitrogens with zero attached hydrogens (tertiary/aromatic N) is 4. The van der Waals surface area contributed by atoms with Crippen molar-refractivity contribution in [1.82, 2.24) is 14.7 Å². The van der Waals surface area contributed by atoms with Crippen molar-refractivity contribution in [2.24, 2.45) is 5.41 Å². The van der Waals surface area contributed by atoms with E-state index in [1.807, 2.05) is 30.3 Å². The lowest BCUT2D eigenvalue weighted by Crippen LogP contribution is -2.45. The average Bonchev–Trinajstić information content (AvgIpc) is 3.39. The van der Waals surface area contributed by atoms with Crippen LogP contribution in [0.15, 0.2) is 41.3 Å². The highest BCUT2D eigenvalue weighted by Gasteiger charge is 2.38. The molecule has 26 heavy (non-hydrogen) atoms. The van der Waals surface area contributed by atoms with Gasteiger partial charge < -0.3 is 14.5 Å². The number of likely N-dealkylation sites (N-methyl/N-ethyl adjacent to an activating group) is 1. The number of ether oxygens (including phenoxy) is 1. The molecule has 0 radical (unpaired) electrons. The van der Waals surface area contributed by atoms with Gasteiger partial charge in [-0.1, -0.05) is 25.1 Å². The fraction of sp³-hybridized carbons (Fsp3) is 0.500. The van der Waals surface area contributed by atoms with Crippen molar-refractivity contribution >= 4 is 5.69 Å². The maximum atomic E-state index is 13.2. The third kappa shape index (κ3) is 3.46. The van der Waals surface area contributed by atoms with Gasteiger partial charge in [-0.25, -0.2) is 0 Å². The van der Waals surface area contributed by atoms with Crippen LogP contribution in [0.25, 0.3) is 5.69 Å². The molecule has 1 aliphatic carbocycles. The average molecular weight is 354 g/mol. The molecule has 0 bridgehead atoms. The molecule has 1 saturated carbocycles. The van der Waals surface area contributed by atoms with Crippen molar-refractivity contribution in [3.05, 3.63) is 46.9 Å². The summed E-state index contributed by atoms with van der Waals surface area (Å²) in [4.78, 5) is 17.7. The summed E-state index contributed by atoms with van der Waals surface area (Å²) < 4.78 is 7.54. The van der Waals surface area contributed by atoms with Crippen LogP contribution in [0.3, 0.4) is 0 Å². The van der Waals surface area contributed by atoms with Gasteiger partial charge in [0.15, 0.2) is 0 Å². The number of aromatic nitrogens is 2. The molecular formula is C20H26N4O2. The van der Waals surface area contributed by atoms with Crippen molar-refractivity contribution in [3.63, 3.8) is 0 Å². The zero-order valence-corrected chi connectivity index (χ0v) is 15.5. The van der Waals surface area contributed by atoms with E-state index in [4.69, 9.17) is 4.74 Å². The molecule has 6 heteroatoms. The Kier molecular flexibility index (Phi) is 4.44. The van der Waals surface area contributed by atoms with Gasteiger partial charge in [0.25, 0.3) is 0 Å². The summed E-state index contributed by atoms with van der Waals surface area (Å²) in [6.07, 6.45) is 4.11. The minimum absolute atomic E-state index is 0.183. The Hall–Kier alpha value is -2.34. The van der Waals surface area contributed by atoms with Crippen LogP contribution in [0.1, 0.15) is 19.8 Å². The molecule has 0 atom stereocenters. The topological polar surface area (TPSA) is 50.6 Å². The number of anilines is 1. The summed E-state index contributed by atoms with van der Waals surface area (Å²) in [6.45, 7) is 6.49. The summed E-state index contributed by atoms with van der Waals surface area (Å²) in [5.74, 6) is 0.432. The van der Waals surface area contributed by atoms with E-state index in [0.717, 1.165) is 50.4 Å². The predicted octanol–water partition coefficient (Wildman–Crippen LogP) is 2.16. The first-order chi connectivity index (χ1) is 12.6. The van der Waals surface area contributed by atoms with Crippen LogP contribution in [-0.4, -0.2) is 54.5 Å². The van der Waals surface area contributed by atoms with Crippen molar-refractivity contribution in [1.29, 1.82) is 0 Å². The number of benzene rings is 1. The van der Waals surface area contributed by atoms with Crippen LogP contribution in [-0.2, 0) is 0 Å². The number of hydrogen-bond donors (Lipinski definition) is 0. The Morgan fingerprint density at radius 1 is 1.12 bits per heavy atom. The molecule has 2 aromatic rings. The van der Waals surface area contributed by atoms with Crippen LogP contribution >= 0.6 is 0 Å². The zero-order chi connectivity index (χ0) is 18.1. The molecule has 0 spiro atoms. The minimum atomic E-state index is -0.183. The third-order valence-corrected chi connectivity index (χ3v) is 5.43. The minimum Gasteiger partial charge on any atom is -0.486 e. The summed E-state index contributed by atoms with van der Waals surface area (Å²) >= 11 is 0. The first-order valence-corrected chi connectivity index (χ1v) is 9.30.